The van der Waals surface area contributed by atoms with Crippen LogP contribution in [0.4, 0.5) is 0 Å². The molecule has 2 nitrogen and oxygen atoms in total. The number of benzene rings is 1. The molecule has 1 heterocycles. The number of hydrogen-bond acceptors (Lipinski definition) is 1. The van der Waals surface area contributed by atoms with Crippen molar-refractivity contribution in [1.82, 2.24) is 4.90 Å². The topological polar surface area (TPSA) is 20.3 Å². The van der Waals surface area contributed by atoms with Gasteiger partial charge in [-0.1, -0.05) is 18.5 Å². The second kappa shape index (κ2) is 5.81. The lowest BCUT2D eigenvalue weighted by molar-refractivity contribution is 0.0686. The van der Waals surface area contributed by atoms with E-state index in [0.29, 0.717) is 29.6 Å². The van der Waals surface area contributed by atoms with Gasteiger partial charge in [-0.3, -0.25) is 4.79 Å². The highest BCUT2D eigenvalue weighted by Gasteiger charge is 2.28. The third kappa shape index (κ3) is 3.01. The molecule has 18 heavy (non-hydrogen) atoms. The summed E-state index contributed by atoms with van der Waals surface area (Å²) in [5.74, 6) is 0.335. The van der Waals surface area contributed by atoms with Crippen LogP contribution in [0.1, 0.15) is 23.7 Å². The molecule has 2 atom stereocenters. The summed E-state index contributed by atoms with van der Waals surface area (Å²) in [6.45, 7) is 3.48. The summed E-state index contributed by atoms with van der Waals surface area (Å²) in [4.78, 5) is 14.3. The van der Waals surface area contributed by atoms with Gasteiger partial charge < -0.3 is 4.90 Å². The van der Waals surface area contributed by atoms with Gasteiger partial charge >= 0.3 is 0 Å². The molecule has 0 N–H and O–H groups in total. The summed E-state index contributed by atoms with van der Waals surface area (Å²) in [6.07, 6.45) is 0.840. The first-order chi connectivity index (χ1) is 8.49. The van der Waals surface area contributed by atoms with Gasteiger partial charge in [0.15, 0.2) is 0 Å². The van der Waals surface area contributed by atoms with E-state index >= 15 is 0 Å². The molecule has 2 rings (SSSR count). The normalized spacial score (nSPS) is 24.1. The lowest BCUT2D eigenvalue weighted by Crippen LogP contribution is -2.43. The van der Waals surface area contributed by atoms with Crippen molar-refractivity contribution >= 4 is 45.0 Å². The van der Waals surface area contributed by atoms with Gasteiger partial charge in [-0.15, -0.1) is 11.6 Å². The zero-order valence-corrected chi connectivity index (χ0v) is 13.1. The molecular weight excluding hydrogens is 337 g/mol. The summed E-state index contributed by atoms with van der Waals surface area (Å²) in [7, 11) is 0. The van der Waals surface area contributed by atoms with E-state index in [9.17, 15) is 4.79 Å². The van der Waals surface area contributed by atoms with Crippen LogP contribution in [0.25, 0.3) is 0 Å². The number of carbonyl (C=O) groups is 1. The van der Waals surface area contributed by atoms with E-state index in [2.05, 4.69) is 22.9 Å². The van der Waals surface area contributed by atoms with Gasteiger partial charge in [-0.25, -0.2) is 0 Å². The lowest BCUT2D eigenvalue weighted by atomic mass is 9.99. The monoisotopic (exact) mass is 349 g/mol. The molecule has 1 aliphatic heterocycles. The molecule has 2 unspecified atom stereocenters. The molecule has 1 amide bonds. The van der Waals surface area contributed by atoms with Gasteiger partial charge in [-0.05, 0) is 46.5 Å². The summed E-state index contributed by atoms with van der Waals surface area (Å²) >= 11 is 15.5. The molecule has 0 aliphatic carbocycles. The summed E-state index contributed by atoms with van der Waals surface area (Å²) < 4.78 is 0.776. The van der Waals surface area contributed by atoms with E-state index in [1.807, 2.05) is 4.90 Å². The highest BCUT2D eigenvalue weighted by molar-refractivity contribution is 9.10. The quantitative estimate of drug-likeness (QED) is 0.695. The van der Waals surface area contributed by atoms with Crippen LogP contribution in [-0.2, 0) is 0 Å². The van der Waals surface area contributed by atoms with E-state index in [1.165, 1.54) is 0 Å². The molecule has 1 aliphatic rings. The van der Waals surface area contributed by atoms with Crippen molar-refractivity contribution in [3.05, 3.63) is 33.3 Å². The maximum absolute atomic E-state index is 12.4. The van der Waals surface area contributed by atoms with E-state index in [0.717, 1.165) is 10.9 Å². The Balaban J connectivity index is 2.19. The molecule has 0 bridgehead atoms. The molecule has 1 saturated heterocycles. The summed E-state index contributed by atoms with van der Waals surface area (Å²) in [6, 6.07) is 5.26. The molecule has 1 aromatic rings. The number of rotatable bonds is 1. The van der Waals surface area contributed by atoms with Crippen molar-refractivity contribution in [3.63, 3.8) is 0 Å². The Hall–Kier alpha value is -0.250. The zero-order valence-electron chi connectivity index (χ0n) is 10.00. The van der Waals surface area contributed by atoms with E-state index < -0.39 is 0 Å². The Morgan fingerprint density at radius 2 is 2.22 bits per heavy atom. The van der Waals surface area contributed by atoms with Crippen LogP contribution >= 0.6 is 39.1 Å². The van der Waals surface area contributed by atoms with Crippen molar-refractivity contribution in [3.8, 4) is 0 Å². The number of carbonyl (C=O) groups excluding carboxylic acids is 1. The number of hydrogen-bond donors (Lipinski definition) is 0. The summed E-state index contributed by atoms with van der Waals surface area (Å²) in [5, 5.41) is 0.735. The molecule has 5 heteroatoms. The number of nitrogens with zero attached hydrogens (tertiary/aromatic N) is 1. The fraction of sp³-hybridized carbons (Fsp3) is 0.462. The molecule has 0 saturated carbocycles. The van der Waals surface area contributed by atoms with Crippen LogP contribution in [-0.4, -0.2) is 29.3 Å². The van der Waals surface area contributed by atoms with Gasteiger partial charge in [-0.2, -0.15) is 0 Å². The minimum absolute atomic E-state index is 0.0137. The molecule has 98 valence electrons. The first-order valence-corrected chi connectivity index (χ1v) is 7.48. The van der Waals surface area contributed by atoms with Crippen molar-refractivity contribution in [2.24, 2.45) is 5.92 Å². The Morgan fingerprint density at radius 1 is 1.50 bits per heavy atom. The number of halogens is 3. The number of piperidine rings is 1. The zero-order chi connectivity index (χ0) is 13.3. The van der Waals surface area contributed by atoms with Crippen LogP contribution in [0.2, 0.25) is 5.02 Å². The van der Waals surface area contributed by atoms with Gasteiger partial charge in [0.05, 0.1) is 5.56 Å². The van der Waals surface area contributed by atoms with Crippen molar-refractivity contribution in [2.45, 2.75) is 18.7 Å². The maximum atomic E-state index is 12.4. The molecule has 0 spiro atoms. The Kier molecular flexibility index (Phi) is 4.57. The minimum Gasteiger partial charge on any atom is -0.338 e. The highest BCUT2D eigenvalue weighted by atomic mass is 79.9. The van der Waals surface area contributed by atoms with Crippen LogP contribution in [0.3, 0.4) is 0 Å². The first-order valence-electron chi connectivity index (χ1n) is 5.87. The fourth-order valence-corrected chi connectivity index (χ4v) is 2.90. The number of amides is 1. The molecule has 1 fully saturated rings. The molecule has 0 aromatic heterocycles. The van der Waals surface area contributed by atoms with Crippen molar-refractivity contribution < 1.29 is 4.79 Å². The van der Waals surface area contributed by atoms with E-state index in [-0.39, 0.29) is 11.3 Å². The predicted molar refractivity (Wildman–Crippen MR) is 78.5 cm³/mol. The van der Waals surface area contributed by atoms with Crippen molar-refractivity contribution in [2.75, 3.05) is 13.1 Å². The second-order valence-electron chi connectivity index (χ2n) is 4.66. The van der Waals surface area contributed by atoms with E-state index in [1.54, 1.807) is 18.2 Å². The number of likely N-dealkylation sites (tertiary alicyclic amines) is 1. The largest absolute Gasteiger partial charge is 0.338 e. The highest BCUT2D eigenvalue weighted by Crippen LogP contribution is 2.26. The van der Waals surface area contributed by atoms with Gasteiger partial charge in [0.25, 0.3) is 5.91 Å². The van der Waals surface area contributed by atoms with Crippen LogP contribution in [0.5, 0.6) is 0 Å². The molecule has 1 aromatic carbocycles. The smallest absolute Gasteiger partial charge is 0.255 e. The lowest BCUT2D eigenvalue weighted by Gasteiger charge is -2.34. The number of alkyl halides is 1. The standard InChI is InChI=1S/C13H14BrCl2NO/c1-8-7-17(5-4-12(8)16)13(18)10-6-9(15)2-3-11(10)14/h2-3,6,8,12H,4-5,7H2,1H3. The van der Waals surface area contributed by atoms with Gasteiger partial charge in [0.1, 0.15) is 0 Å². The van der Waals surface area contributed by atoms with Crippen LogP contribution in [0, 0.1) is 5.92 Å². The Morgan fingerprint density at radius 3 is 2.89 bits per heavy atom. The summed E-state index contributed by atoms with van der Waals surface area (Å²) in [5.41, 5.74) is 0.614. The second-order valence-corrected chi connectivity index (χ2v) is 6.51. The predicted octanol–water partition coefficient (Wildman–Crippen LogP) is 4.19. The van der Waals surface area contributed by atoms with Gasteiger partial charge in [0.2, 0.25) is 0 Å². The molecular formula is C13H14BrCl2NO. The average molecular weight is 351 g/mol. The van der Waals surface area contributed by atoms with Crippen molar-refractivity contribution in [1.29, 1.82) is 0 Å². The third-order valence-corrected chi connectivity index (χ3v) is 4.82. The Bertz CT molecular complexity index is 466. The first kappa shape index (κ1) is 14.2. The minimum atomic E-state index is 0.0137. The molecule has 0 radical (unpaired) electrons. The fourth-order valence-electron chi connectivity index (χ4n) is 2.13. The Labute approximate surface area is 125 Å². The van der Waals surface area contributed by atoms with Gasteiger partial charge in [0, 0.05) is 28.0 Å². The third-order valence-electron chi connectivity index (χ3n) is 3.25. The SMILES string of the molecule is CC1CN(C(=O)c2cc(Cl)ccc2Br)CCC1Cl. The maximum Gasteiger partial charge on any atom is 0.255 e. The van der Waals surface area contributed by atoms with Crippen LogP contribution in [0.15, 0.2) is 22.7 Å². The van der Waals surface area contributed by atoms with Crippen LogP contribution < -0.4 is 0 Å². The van der Waals surface area contributed by atoms with E-state index in [4.69, 9.17) is 23.2 Å². The average Bonchev–Trinajstić information content (AvgIpc) is 2.35.